The molecule has 0 spiro atoms. The van der Waals surface area contributed by atoms with Gasteiger partial charge < -0.3 is 24.6 Å². The van der Waals surface area contributed by atoms with Crippen molar-refractivity contribution in [1.82, 2.24) is 0 Å². The van der Waals surface area contributed by atoms with Crippen LogP contribution in [0, 0.1) is 0 Å². The Hall–Kier alpha value is -1.03. The van der Waals surface area contributed by atoms with Gasteiger partial charge in [-0.3, -0.25) is 18.6 Å². The van der Waals surface area contributed by atoms with Crippen LogP contribution in [0.2, 0.25) is 0 Å². The number of esters is 2. The van der Waals surface area contributed by atoms with Crippen LogP contribution < -0.4 is 0 Å². The fourth-order valence-corrected chi connectivity index (χ4v) is 9.44. The molecular weight excluding hydrogens is 852 g/mol. The number of hydrogen-bond donors (Lipinski definition) is 3. The zero-order valence-electron chi connectivity index (χ0n) is 43.4. The quantitative estimate of drug-likeness (QED) is 0.0305. The average molecular weight is 961 g/mol. The smallest absolute Gasteiger partial charge is 0.462 e. The van der Waals surface area contributed by atoms with E-state index >= 15 is 0 Å². The molecule has 0 aliphatic carbocycles. The Balaban J connectivity index is 4.05. The van der Waals surface area contributed by atoms with Gasteiger partial charge in [-0.15, -0.1) is 0 Å². The van der Waals surface area contributed by atoms with Crippen molar-refractivity contribution in [3.63, 3.8) is 0 Å². The highest BCUT2D eigenvalue weighted by Crippen LogP contribution is 2.43. The lowest BCUT2D eigenvalue weighted by Gasteiger charge is -2.20. The van der Waals surface area contributed by atoms with Crippen LogP contribution in [0.5, 0.6) is 0 Å². The summed E-state index contributed by atoms with van der Waals surface area (Å²) in [6.07, 6.45) is 53.7. The van der Waals surface area contributed by atoms with E-state index in [0.717, 1.165) is 32.1 Å². The van der Waals surface area contributed by atoms with Gasteiger partial charge in [0.1, 0.15) is 12.7 Å². The molecule has 0 amide bonds. The van der Waals surface area contributed by atoms with Gasteiger partial charge in [0.25, 0.3) is 0 Å². The van der Waals surface area contributed by atoms with E-state index in [4.69, 9.17) is 23.6 Å². The number of ether oxygens (including phenoxy) is 2. The van der Waals surface area contributed by atoms with Crippen molar-refractivity contribution in [1.29, 1.82) is 0 Å². The van der Waals surface area contributed by atoms with Crippen LogP contribution in [0.3, 0.4) is 0 Å². The predicted octanol–water partition coefficient (Wildman–Crippen LogP) is 16.5. The van der Waals surface area contributed by atoms with Gasteiger partial charge in [0, 0.05) is 12.8 Å². The van der Waals surface area contributed by atoms with Crippen molar-refractivity contribution < 1.29 is 47.8 Å². The summed E-state index contributed by atoms with van der Waals surface area (Å²) in [7, 11) is -4.62. The maximum atomic E-state index is 12.7. The molecule has 11 heteroatoms. The Morgan fingerprint density at radius 1 is 0.394 bits per heavy atom. The van der Waals surface area contributed by atoms with Crippen LogP contribution in [0.25, 0.3) is 0 Å². The summed E-state index contributed by atoms with van der Waals surface area (Å²) < 4.78 is 33.0. The molecule has 0 rings (SSSR count). The number of hydrogen-bond acceptors (Lipinski definition) is 9. The Morgan fingerprint density at radius 3 is 0.939 bits per heavy atom. The maximum Gasteiger partial charge on any atom is 0.472 e. The average Bonchev–Trinajstić information content (AvgIpc) is 3.31. The fraction of sp³-hybridized carbons (Fsp3) is 0.964. The van der Waals surface area contributed by atoms with E-state index in [9.17, 15) is 24.2 Å². The summed E-state index contributed by atoms with van der Waals surface area (Å²) in [5, 5.41) is 18.4. The molecule has 3 atom stereocenters. The van der Waals surface area contributed by atoms with Crippen LogP contribution in [0.4, 0.5) is 0 Å². The molecule has 0 fully saturated rings. The molecule has 0 saturated heterocycles. The number of aliphatic hydroxyl groups is 2. The summed E-state index contributed by atoms with van der Waals surface area (Å²) in [6, 6.07) is 0. The lowest BCUT2D eigenvalue weighted by Crippen LogP contribution is -2.29. The number of carbonyl (C=O) groups excluding carboxylic acids is 2. The molecule has 0 radical (unpaired) electrons. The van der Waals surface area contributed by atoms with Crippen LogP contribution in [0.15, 0.2) is 0 Å². The first-order chi connectivity index (χ1) is 32.2. The molecule has 1 unspecified atom stereocenters. The van der Waals surface area contributed by atoms with Crippen LogP contribution in [-0.4, -0.2) is 65.7 Å². The van der Waals surface area contributed by atoms with Crippen LogP contribution in [-0.2, 0) is 32.7 Å². The van der Waals surface area contributed by atoms with Gasteiger partial charge >= 0.3 is 19.8 Å². The number of rotatable bonds is 55. The summed E-state index contributed by atoms with van der Waals surface area (Å²) >= 11 is 0. The van der Waals surface area contributed by atoms with Gasteiger partial charge in [-0.1, -0.05) is 277 Å². The zero-order valence-corrected chi connectivity index (χ0v) is 44.3. The molecule has 0 heterocycles. The van der Waals surface area contributed by atoms with Gasteiger partial charge in [-0.25, -0.2) is 4.57 Å². The number of phosphoric acid groups is 1. The fourth-order valence-electron chi connectivity index (χ4n) is 8.65. The standard InChI is InChI=1S/C55H109O10P/c1-3-5-7-9-11-13-15-17-19-21-23-25-26-27-29-31-33-35-37-39-41-43-45-47-55(59)65-53(51-64-66(60,61)63-49-52(57)48-56)50-62-54(58)46-44-42-40-38-36-34-32-30-28-24-22-20-18-16-14-12-10-8-6-4-2/h52-53,56-57H,3-51H2,1-2H3,(H,60,61)/t52-,53+/m0/s1. The maximum absolute atomic E-state index is 12.7. The normalized spacial score (nSPS) is 13.5. The van der Waals surface area contributed by atoms with Crippen molar-refractivity contribution >= 4 is 19.8 Å². The third kappa shape index (κ3) is 50.8. The molecule has 3 N–H and O–H groups in total. The van der Waals surface area contributed by atoms with Crippen LogP contribution in [0.1, 0.15) is 303 Å². The van der Waals surface area contributed by atoms with Gasteiger partial charge in [0.05, 0.1) is 19.8 Å². The molecule has 10 nitrogen and oxygen atoms in total. The third-order valence-corrected chi connectivity index (χ3v) is 14.0. The van der Waals surface area contributed by atoms with Crippen molar-refractivity contribution in [3.8, 4) is 0 Å². The van der Waals surface area contributed by atoms with Gasteiger partial charge in [0.15, 0.2) is 6.10 Å². The summed E-state index contributed by atoms with van der Waals surface area (Å²) in [4.78, 5) is 35.3. The van der Waals surface area contributed by atoms with E-state index < -0.39 is 51.8 Å². The van der Waals surface area contributed by atoms with Gasteiger partial charge in [0.2, 0.25) is 0 Å². The minimum atomic E-state index is -4.62. The molecule has 0 aromatic carbocycles. The van der Waals surface area contributed by atoms with Crippen molar-refractivity contribution in [2.45, 2.75) is 315 Å². The van der Waals surface area contributed by atoms with Crippen molar-refractivity contribution in [2.75, 3.05) is 26.4 Å². The second-order valence-electron chi connectivity index (χ2n) is 19.7. The van der Waals surface area contributed by atoms with Crippen molar-refractivity contribution in [3.05, 3.63) is 0 Å². The molecule has 0 aromatic rings. The predicted molar refractivity (Wildman–Crippen MR) is 275 cm³/mol. The number of aliphatic hydroxyl groups excluding tert-OH is 2. The van der Waals surface area contributed by atoms with E-state index in [0.29, 0.717) is 12.8 Å². The molecule has 0 aliphatic heterocycles. The topological polar surface area (TPSA) is 149 Å². The summed E-state index contributed by atoms with van der Waals surface area (Å²) in [5.74, 6) is -0.899. The van der Waals surface area contributed by atoms with E-state index in [1.54, 1.807) is 0 Å². The summed E-state index contributed by atoms with van der Waals surface area (Å²) in [6.45, 7) is 2.47. The molecule has 0 bridgehead atoms. The molecule has 0 saturated carbocycles. The first-order valence-electron chi connectivity index (χ1n) is 28.5. The summed E-state index contributed by atoms with van der Waals surface area (Å²) in [5.41, 5.74) is 0. The Kier molecular flexibility index (Phi) is 51.0. The first-order valence-corrected chi connectivity index (χ1v) is 30.0. The third-order valence-electron chi connectivity index (χ3n) is 13.0. The monoisotopic (exact) mass is 961 g/mol. The van der Waals surface area contributed by atoms with E-state index in [-0.39, 0.29) is 19.4 Å². The van der Waals surface area contributed by atoms with Crippen LogP contribution >= 0.6 is 7.82 Å². The SMILES string of the molecule is CCCCCCCCCCCCCCCCCCCCCCCCCC(=O)O[C@H](COC(=O)CCCCCCCCCCCCCCCCCCCCCC)COP(=O)(O)OC[C@@H](O)CO. The van der Waals surface area contributed by atoms with E-state index in [2.05, 4.69) is 13.8 Å². The number of unbranched alkanes of at least 4 members (excludes halogenated alkanes) is 41. The van der Waals surface area contributed by atoms with Gasteiger partial charge in [-0.2, -0.15) is 0 Å². The van der Waals surface area contributed by atoms with Gasteiger partial charge in [-0.05, 0) is 12.8 Å². The Morgan fingerprint density at radius 2 is 0.652 bits per heavy atom. The van der Waals surface area contributed by atoms with E-state index in [1.807, 2.05) is 0 Å². The van der Waals surface area contributed by atoms with E-state index in [1.165, 1.54) is 231 Å². The van der Waals surface area contributed by atoms with Crippen molar-refractivity contribution in [2.24, 2.45) is 0 Å². The number of phosphoric ester groups is 1. The first kappa shape index (κ1) is 65.0. The molecule has 394 valence electrons. The second-order valence-corrected chi connectivity index (χ2v) is 21.1. The minimum Gasteiger partial charge on any atom is -0.462 e. The lowest BCUT2D eigenvalue weighted by atomic mass is 10.0. The lowest BCUT2D eigenvalue weighted by molar-refractivity contribution is -0.161. The highest BCUT2D eigenvalue weighted by molar-refractivity contribution is 7.47. The zero-order chi connectivity index (χ0) is 48.3. The second kappa shape index (κ2) is 51.8. The molecular formula is C55H109O10P. The Labute approximate surface area is 407 Å². The number of carbonyl (C=O) groups is 2. The molecule has 66 heavy (non-hydrogen) atoms. The highest BCUT2D eigenvalue weighted by Gasteiger charge is 2.27. The Bertz CT molecular complexity index is 1060. The largest absolute Gasteiger partial charge is 0.472 e. The molecule has 0 aliphatic rings. The molecule has 0 aromatic heterocycles. The highest BCUT2D eigenvalue weighted by atomic mass is 31.2. The minimum absolute atomic E-state index is 0.193.